The maximum Gasteiger partial charge on any atom is 0.136 e. The SMILES string of the molecule is CCCCCCC=C[C@H]1CCC(=O)[C@@H]1CCCCC(C)(C)CC.N. The van der Waals surface area contributed by atoms with Crippen molar-refractivity contribution in [2.24, 2.45) is 17.3 Å². The van der Waals surface area contributed by atoms with Crippen LogP contribution in [0.3, 0.4) is 0 Å². The third kappa shape index (κ3) is 9.01. The van der Waals surface area contributed by atoms with Gasteiger partial charge in [0, 0.05) is 12.3 Å². The second-order valence-electron chi connectivity index (χ2n) is 8.32. The molecule has 1 rings (SSSR count). The molecule has 1 saturated carbocycles. The lowest BCUT2D eigenvalue weighted by molar-refractivity contribution is -0.121. The van der Waals surface area contributed by atoms with Crippen LogP contribution < -0.4 is 6.15 Å². The first-order valence-corrected chi connectivity index (χ1v) is 10.2. The van der Waals surface area contributed by atoms with E-state index in [2.05, 4.69) is 39.8 Å². The number of hydrogen-bond acceptors (Lipinski definition) is 2. The fourth-order valence-corrected chi connectivity index (χ4v) is 3.64. The summed E-state index contributed by atoms with van der Waals surface area (Å²) in [5, 5.41) is 0. The van der Waals surface area contributed by atoms with E-state index in [1.807, 2.05) is 0 Å². The van der Waals surface area contributed by atoms with Gasteiger partial charge in [-0.3, -0.25) is 4.79 Å². The molecular weight excluding hydrogens is 294 g/mol. The Morgan fingerprint density at radius 1 is 1.08 bits per heavy atom. The largest absolute Gasteiger partial charge is 0.344 e. The molecule has 24 heavy (non-hydrogen) atoms. The number of allylic oxidation sites excluding steroid dienone is 2. The van der Waals surface area contributed by atoms with Crippen molar-refractivity contribution in [1.29, 1.82) is 0 Å². The molecule has 0 aromatic carbocycles. The summed E-state index contributed by atoms with van der Waals surface area (Å²) >= 11 is 0. The highest BCUT2D eigenvalue weighted by Gasteiger charge is 2.32. The summed E-state index contributed by atoms with van der Waals surface area (Å²) in [4.78, 5) is 12.2. The summed E-state index contributed by atoms with van der Waals surface area (Å²) in [7, 11) is 0. The molecule has 0 aliphatic heterocycles. The van der Waals surface area contributed by atoms with Gasteiger partial charge >= 0.3 is 0 Å². The van der Waals surface area contributed by atoms with Gasteiger partial charge in [0.2, 0.25) is 0 Å². The molecule has 0 amide bonds. The Morgan fingerprint density at radius 3 is 2.50 bits per heavy atom. The molecule has 3 N–H and O–H groups in total. The molecule has 0 spiro atoms. The fraction of sp³-hybridized carbons (Fsp3) is 0.864. The minimum absolute atomic E-state index is 0. The molecule has 1 aliphatic rings. The van der Waals surface area contributed by atoms with Crippen LogP contribution in [0.25, 0.3) is 0 Å². The van der Waals surface area contributed by atoms with Gasteiger partial charge in [-0.05, 0) is 43.4 Å². The van der Waals surface area contributed by atoms with Crippen molar-refractivity contribution in [1.82, 2.24) is 6.15 Å². The zero-order valence-corrected chi connectivity index (χ0v) is 16.9. The Hall–Kier alpha value is -0.630. The van der Waals surface area contributed by atoms with Crippen molar-refractivity contribution in [3.8, 4) is 0 Å². The van der Waals surface area contributed by atoms with Crippen molar-refractivity contribution in [2.75, 3.05) is 0 Å². The van der Waals surface area contributed by atoms with Gasteiger partial charge < -0.3 is 6.15 Å². The number of carbonyl (C=O) groups excluding carboxylic acids is 1. The molecule has 0 aromatic rings. The Kier molecular flexibility index (Phi) is 12.4. The van der Waals surface area contributed by atoms with Crippen LogP contribution in [0.5, 0.6) is 0 Å². The molecule has 0 bridgehead atoms. The zero-order chi connectivity index (χ0) is 17.1. The maximum atomic E-state index is 12.2. The fourth-order valence-electron chi connectivity index (χ4n) is 3.64. The van der Waals surface area contributed by atoms with Crippen LogP contribution in [0.15, 0.2) is 12.2 Å². The molecule has 0 heterocycles. The molecule has 1 fully saturated rings. The lowest BCUT2D eigenvalue weighted by Crippen LogP contribution is -2.14. The predicted molar refractivity (Wildman–Crippen MR) is 107 cm³/mol. The van der Waals surface area contributed by atoms with Crippen LogP contribution in [0.1, 0.15) is 105 Å². The minimum atomic E-state index is 0. The van der Waals surface area contributed by atoms with Crippen LogP contribution in [0, 0.1) is 17.3 Å². The van der Waals surface area contributed by atoms with Crippen molar-refractivity contribution in [2.45, 2.75) is 105 Å². The molecule has 0 radical (unpaired) electrons. The average Bonchev–Trinajstić information content (AvgIpc) is 2.88. The van der Waals surface area contributed by atoms with E-state index >= 15 is 0 Å². The molecule has 2 nitrogen and oxygen atoms in total. The lowest BCUT2D eigenvalue weighted by Gasteiger charge is -2.23. The van der Waals surface area contributed by atoms with E-state index in [0.717, 1.165) is 19.3 Å². The summed E-state index contributed by atoms with van der Waals surface area (Å²) in [6.45, 7) is 9.25. The van der Waals surface area contributed by atoms with Gasteiger partial charge in [-0.2, -0.15) is 0 Å². The quantitative estimate of drug-likeness (QED) is 0.301. The van der Waals surface area contributed by atoms with Crippen LogP contribution in [-0.2, 0) is 4.79 Å². The summed E-state index contributed by atoms with van der Waals surface area (Å²) < 4.78 is 0. The Morgan fingerprint density at radius 2 is 1.83 bits per heavy atom. The third-order valence-corrected chi connectivity index (χ3v) is 5.84. The number of carbonyl (C=O) groups is 1. The number of hydrogen-bond donors (Lipinski definition) is 1. The van der Waals surface area contributed by atoms with E-state index < -0.39 is 0 Å². The van der Waals surface area contributed by atoms with Crippen molar-refractivity contribution < 1.29 is 4.79 Å². The normalized spacial score (nSPS) is 21.4. The summed E-state index contributed by atoms with van der Waals surface area (Å²) in [6, 6.07) is 0. The van der Waals surface area contributed by atoms with Gasteiger partial charge in [0.25, 0.3) is 0 Å². The Labute approximate surface area is 151 Å². The van der Waals surface area contributed by atoms with Gasteiger partial charge in [0.1, 0.15) is 5.78 Å². The molecule has 2 atom stereocenters. The highest BCUT2D eigenvalue weighted by atomic mass is 16.1. The van der Waals surface area contributed by atoms with E-state index in [9.17, 15) is 4.79 Å². The topological polar surface area (TPSA) is 52.1 Å². The van der Waals surface area contributed by atoms with Crippen LogP contribution in [0.2, 0.25) is 0 Å². The van der Waals surface area contributed by atoms with E-state index in [-0.39, 0.29) is 6.15 Å². The smallest absolute Gasteiger partial charge is 0.136 e. The third-order valence-electron chi connectivity index (χ3n) is 5.84. The molecule has 2 heteroatoms. The maximum absolute atomic E-state index is 12.2. The van der Waals surface area contributed by atoms with Gasteiger partial charge in [0.05, 0.1) is 0 Å². The highest BCUT2D eigenvalue weighted by Crippen LogP contribution is 2.35. The Bertz CT molecular complexity index is 359. The van der Waals surface area contributed by atoms with E-state index in [1.165, 1.54) is 57.8 Å². The predicted octanol–water partition coefficient (Wildman–Crippen LogP) is 7.27. The molecule has 0 unspecified atom stereocenters. The highest BCUT2D eigenvalue weighted by molar-refractivity contribution is 5.83. The summed E-state index contributed by atoms with van der Waals surface area (Å²) in [5.41, 5.74) is 0.470. The molecule has 0 aromatic heterocycles. The molecule has 0 saturated heterocycles. The van der Waals surface area contributed by atoms with Gasteiger partial charge in [0.15, 0.2) is 0 Å². The number of ketones is 1. The molecule has 1 aliphatic carbocycles. The van der Waals surface area contributed by atoms with Crippen LogP contribution in [0.4, 0.5) is 0 Å². The average molecular weight is 338 g/mol. The lowest BCUT2D eigenvalue weighted by atomic mass is 9.83. The van der Waals surface area contributed by atoms with Crippen molar-refractivity contribution in [3.63, 3.8) is 0 Å². The van der Waals surface area contributed by atoms with Crippen molar-refractivity contribution >= 4 is 5.78 Å². The number of rotatable bonds is 12. The van der Waals surface area contributed by atoms with E-state index in [4.69, 9.17) is 0 Å². The monoisotopic (exact) mass is 337 g/mol. The van der Waals surface area contributed by atoms with Crippen molar-refractivity contribution in [3.05, 3.63) is 12.2 Å². The van der Waals surface area contributed by atoms with E-state index in [1.54, 1.807) is 0 Å². The summed E-state index contributed by atoms with van der Waals surface area (Å²) in [5.74, 6) is 1.39. The number of Topliss-reactive ketones (excluding diaryl/α,β-unsaturated/α-hetero) is 1. The van der Waals surface area contributed by atoms with Crippen LogP contribution in [-0.4, -0.2) is 5.78 Å². The second-order valence-corrected chi connectivity index (χ2v) is 8.32. The van der Waals surface area contributed by atoms with Gasteiger partial charge in [-0.1, -0.05) is 78.4 Å². The van der Waals surface area contributed by atoms with Gasteiger partial charge in [-0.25, -0.2) is 0 Å². The first-order chi connectivity index (χ1) is 11.0. The molecule has 142 valence electrons. The number of unbranched alkanes of at least 4 members (excludes halogenated alkanes) is 5. The molecular formula is C22H43NO. The zero-order valence-electron chi connectivity index (χ0n) is 16.9. The van der Waals surface area contributed by atoms with Gasteiger partial charge in [-0.15, -0.1) is 0 Å². The summed E-state index contributed by atoms with van der Waals surface area (Å²) in [6.07, 6.45) is 19.3. The minimum Gasteiger partial charge on any atom is -0.344 e. The first-order valence-electron chi connectivity index (χ1n) is 10.2. The Balaban J connectivity index is 0.00000529. The standard InChI is InChI=1S/C22H40O.H3N/c1-5-7-8-9-10-11-14-19-16-17-21(23)20(19)15-12-13-18-22(3,4)6-2;/h11,14,19-20H,5-10,12-13,15-18H2,1-4H3;1H3/t19-,20+;/m0./s1. The second kappa shape index (κ2) is 12.7. The first kappa shape index (κ1) is 23.4. The van der Waals surface area contributed by atoms with E-state index in [0.29, 0.717) is 23.0 Å². The van der Waals surface area contributed by atoms with Crippen LogP contribution >= 0.6 is 0 Å².